The molecule has 1 amide bonds. The Morgan fingerprint density at radius 3 is 2.52 bits per heavy atom. The van der Waals surface area contributed by atoms with E-state index in [2.05, 4.69) is 10.3 Å². The van der Waals surface area contributed by atoms with Gasteiger partial charge < -0.3 is 30.7 Å². The van der Waals surface area contributed by atoms with Gasteiger partial charge in [-0.3, -0.25) is 4.79 Å². The fraction of sp³-hybridized carbons (Fsp3) is 0.333. The molecule has 0 fully saturated rings. The van der Waals surface area contributed by atoms with Crippen LogP contribution < -0.4 is 20.5 Å². The van der Waals surface area contributed by atoms with Crippen molar-refractivity contribution < 1.29 is 42.0 Å². The van der Waals surface area contributed by atoms with Gasteiger partial charge in [-0.2, -0.15) is 13.2 Å². The number of hydrogen-bond donors (Lipinski definition) is 4. The van der Waals surface area contributed by atoms with E-state index in [0.29, 0.717) is 0 Å². The number of aromatic nitrogens is 1. The van der Waals surface area contributed by atoms with Gasteiger partial charge in [0.15, 0.2) is 5.75 Å². The smallest absolute Gasteiger partial charge is 0.424 e. The van der Waals surface area contributed by atoms with E-state index in [1.807, 2.05) is 0 Å². The Morgan fingerprint density at radius 2 is 1.93 bits per heavy atom. The minimum absolute atomic E-state index is 0.00848. The Morgan fingerprint density at radius 1 is 1.25 bits per heavy atom. The molecule has 2 heterocycles. The van der Waals surface area contributed by atoms with Gasteiger partial charge in [0.25, 0.3) is 5.91 Å². The number of alkyl halides is 3. The monoisotopic (exact) mass is 583 g/mol. The molecule has 3 aromatic rings. The van der Waals surface area contributed by atoms with Gasteiger partial charge in [-0.1, -0.05) is 11.6 Å². The molecule has 0 bridgehead atoms. The maximum Gasteiger partial charge on any atom is 0.424 e. The van der Waals surface area contributed by atoms with Crippen LogP contribution >= 0.6 is 11.6 Å². The lowest BCUT2D eigenvalue weighted by Crippen LogP contribution is -2.51. The highest BCUT2D eigenvalue weighted by molar-refractivity contribution is 6.32. The maximum absolute atomic E-state index is 14.4. The molecule has 13 heteroatoms. The summed E-state index contributed by atoms with van der Waals surface area (Å²) in [5, 5.41) is 22.5. The van der Waals surface area contributed by atoms with Crippen molar-refractivity contribution in [1.82, 2.24) is 10.3 Å². The number of nitrogens with zero attached hydrogens (tertiary/aromatic N) is 1. The first-order valence-electron chi connectivity index (χ1n) is 12.0. The van der Waals surface area contributed by atoms with E-state index < -0.39 is 47.4 Å². The van der Waals surface area contributed by atoms with Gasteiger partial charge in [-0.05, 0) is 62.4 Å². The van der Waals surface area contributed by atoms with E-state index in [-0.39, 0.29) is 52.1 Å². The molecule has 0 saturated heterocycles. The number of ether oxygens (including phenoxy) is 2. The first-order valence-corrected chi connectivity index (χ1v) is 12.4. The molecule has 0 radical (unpaired) electrons. The number of carbonyl (C=O) groups is 1. The summed E-state index contributed by atoms with van der Waals surface area (Å²) in [7, 11) is 0. The summed E-state index contributed by atoms with van der Waals surface area (Å²) in [6, 6.07) is 9.60. The standard InChI is InChI=1S/C27H26ClF4N3O5/c1-14(36)11-39-20-8-5-16(9-19(20)28)24(37)34-12-26(38,27(30,31)32)21-10-18-23(40-13-25(18,2)33)22(35-21)15-3-6-17(29)7-4-15/h3-10,14,36,38H,11-13,33H2,1-2H3,(H,34,37). The normalized spacial score (nSPS) is 18.9. The SMILES string of the molecule is CC(O)COc1ccc(C(=O)NCC(O)(c2cc3c(c(-c4ccc(F)cc4)n2)OCC3(C)N)C(F)(F)F)cc1Cl. The molecule has 5 N–H and O–H groups in total. The fourth-order valence-corrected chi connectivity index (χ4v) is 4.27. The first kappa shape index (κ1) is 29.5. The molecule has 0 aliphatic carbocycles. The molecule has 1 aliphatic heterocycles. The van der Waals surface area contributed by atoms with Crippen molar-refractivity contribution in [2.24, 2.45) is 5.73 Å². The minimum Gasteiger partial charge on any atom is -0.489 e. The van der Waals surface area contributed by atoms with Crippen LogP contribution in [0.2, 0.25) is 5.02 Å². The van der Waals surface area contributed by atoms with Crippen LogP contribution in [0.1, 0.15) is 35.5 Å². The molecular weight excluding hydrogens is 558 g/mol. The molecule has 3 atom stereocenters. The van der Waals surface area contributed by atoms with Gasteiger partial charge in [0.1, 0.15) is 30.5 Å². The highest BCUT2D eigenvalue weighted by Crippen LogP contribution is 2.46. The molecule has 8 nitrogen and oxygen atoms in total. The van der Waals surface area contributed by atoms with Crippen molar-refractivity contribution in [1.29, 1.82) is 0 Å². The maximum atomic E-state index is 14.4. The number of halogens is 5. The summed E-state index contributed by atoms with van der Waals surface area (Å²) in [5.74, 6) is -1.26. The molecule has 0 saturated carbocycles. The highest BCUT2D eigenvalue weighted by atomic mass is 35.5. The fourth-order valence-electron chi connectivity index (χ4n) is 4.03. The summed E-state index contributed by atoms with van der Waals surface area (Å²) in [6.07, 6.45) is -6.07. The van der Waals surface area contributed by atoms with Gasteiger partial charge in [-0.25, -0.2) is 9.37 Å². The number of pyridine rings is 1. The number of nitrogens with two attached hydrogens (primary N) is 1. The van der Waals surface area contributed by atoms with Crippen molar-refractivity contribution in [2.45, 2.75) is 37.3 Å². The van der Waals surface area contributed by atoms with E-state index >= 15 is 0 Å². The Balaban J connectivity index is 1.69. The second-order valence-electron chi connectivity index (χ2n) is 9.79. The van der Waals surface area contributed by atoms with Crippen molar-refractivity contribution in [3.05, 3.63) is 76.2 Å². The van der Waals surface area contributed by atoms with Gasteiger partial charge in [0.2, 0.25) is 5.60 Å². The third-order valence-electron chi connectivity index (χ3n) is 6.29. The second-order valence-corrected chi connectivity index (χ2v) is 10.2. The number of fused-ring (bicyclic) bond motifs is 1. The van der Waals surface area contributed by atoms with Crippen LogP contribution in [0, 0.1) is 5.82 Å². The van der Waals surface area contributed by atoms with Gasteiger partial charge in [-0.15, -0.1) is 0 Å². The third-order valence-corrected chi connectivity index (χ3v) is 6.59. The zero-order valence-electron chi connectivity index (χ0n) is 21.4. The number of aliphatic hydroxyl groups is 2. The summed E-state index contributed by atoms with van der Waals surface area (Å²) in [4.78, 5) is 16.8. The van der Waals surface area contributed by atoms with Crippen LogP contribution in [0.5, 0.6) is 11.5 Å². The molecule has 214 valence electrons. The number of carbonyl (C=O) groups excluding carboxylic acids is 1. The number of nitrogens with one attached hydrogen (secondary N) is 1. The third kappa shape index (κ3) is 5.85. The lowest BCUT2D eigenvalue weighted by Gasteiger charge is -2.31. The van der Waals surface area contributed by atoms with Crippen molar-refractivity contribution in [3.63, 3.8) is 0 Å². The molecule has 2 aromatic carbocycles. The Bertz CT molecular complexity index is 1420. The number of aliphatic hydroxyl groups excluding tert-OH is 1. The molecule has 1 aromatic heterocycles. The minimum atomic E-state index is -5.29. The number of benzene rings is 2. The number of hydrogen-bond acceptors (Lipinski definition) is 7. The first-order chi connectivity index (χ1) is 18.6. The molecule has 40 heavy (non-hydrogen) atoms. The van der Waals surface area contributed by atoms with Gasteiger partial charge >= 0.3 is 6.18 Å². The number of amides is 1. The van der Waals surface area contributed by atoms with E-state index in [1.54, 1.807) is 6.92 Å². The predicted octanol–water partition coefficient (Wildman–Crippen LogP) is 4.05. The average Bonchev–Trinajstić information content (AvgIpc) is 3.19. The summed E-state index contributed by atoms with van der Waals surface area (Å²) in [6.45, 7) is 1.61. The average molecular weight is 584 g/mol. The summed E-state index contributed by atoms with van der Waals surface area (Å²) in [5.41, 5.74) is 0.787. The van der Waals surface area contributed by atoms with Crippen molar-refractivity contribution >= 4 is 17.5 Å². The summed E-state index contributed by atoms with van der Waals surface area (Å²) >= 11 is 6.11. The Labute approximate surface area is 231 Å². The van der Waals surface area contributed by atoms with E-state index in [4.69, 9.17) is 26.8 Å². The zero-order chi connectivity index (χ0) is 29.5. The van der Waals surface area contributed by atoms with E-state index in [9.17, 15) is 32.6 Å². The van der Waals surface area contributed by atoms with E-state index in [0.717, 1.165) is 18.2 Å². The van der Waals surface area contributed by atoms with Crippen LogP contribution in [0.3, 0.4) is 0 Å². The largest absolute Gasteiger partial charge is 0.489 e. The van der Waals surface area contributed by atoms with Crippen LogP contribution in [-0.2, 0) is 11.1 Å². The van der Waals surface area contributed by atoms with Gasteiger partial charge in [0, 0.05) is 16.7 Å². The van der Waals surface area contributed by atoms with Crippen LogP contribution in [0.25, 0.3) is 11.3 Å². The topological polar surface area (TPSA) is 127 Å². The van der Waals surface area contributed by atoms with Gasteiger partial charge in [0.05, 0.1) is 28.9 Å². The Kier molecular flexibility index (Phi) is 8.01. The number of rotatable bonds is 8. The predicted molar refractivity (Wildman–Crippen MR) is 138 cm³/mol. The molecule has 1 aliphatic rings. The molecule has 3 unspecified atom stereocenters. The van der Waals surface area contributed by atoms with E-state index in [1.165, 1.54) is 37.3 Å². The van der Waals surface area contributed by atoms with Crippen LogP contribution in [0.15, 0.2) is 48.5 Å². The zero-order valence-corrected chi connectivity index (χ0v) is 22.1. The van der Waals surface area contributed by atoms with Crippen molar-refractivity contribution in [2.75, 3.05) is 19.8 Å². The quantitative estimate of drug-likeness (QED) is 0.295. The molecule has 0 spiro atoms. The summed E-state index contributed by atoms with van der Waals surface area (Å²) < 4.78 is 67.8. The lowest BCUT2D eigenvalue weighted by atomic mass is 9.89. The van der Waals surface area contributed by atoms with Crippen LogP contribution in [-0.4, -0.2) is 53.1 Å². The molecule has 4 rings (SSSR count). The second kappa shape index (κ2) is 10.8. The van der Waals surface area contributed by atoms with Crippen molar-refractivity contribution in [3.8, 4) is 22.8 Å². The highest BCUT2D eigenvalue weighted by Gasteiger charge is 2.57. The van der Waals surface area contributed by atoms with Crippen LogP contribution in [0.4, 0.5) is 17.6 Å². The Hall–Kier alpha value is -3.45. The molecular formula is C27H26ClF4N3O5. The lowest BCUT2D eigenvalue weighted by molar-refractivity contribution is -0.265.